The van der Waals surface area contributed by atoms with E-state index in [4.69, 9.17) is 31.1 Å². The van der Waals surface area contributed by atoms with Crippen LogP contribution >= 0.6 is 0 Å². The van der Waals surface area contributed by atoms with Crippen LogP contribution < -0.4 is 37.6 Å². The number of nitrogens with zero attached hydrogens (tertiary/aromatic N) is 5. The molecule has 286 valence electrons. The van der Waals surface area contributed by atoms with E-state index in [0.29, 0.717) is 83.6 Å². The van der Waals surface area contributed by atoms with E-state index in [-0.39, 0.29) is 22.7 Å². The SMILES string of the molecule is CCn1nc(C)cc1C(=O)N=c1n(C)c2cc(C(N)=O)cc(OC)c2n1C/C=C/CNc1c(N)cc(C(N)=O)cc1OCCCO[Si](C)(C)C(C)(C)C. The van der Waals surface area contributed by atoms with Gasteiger partial charge < -0.3 is 45.6 Å². The maximum absolute atomic E-state index is 13.5. The average molecular weight is 748 g/mol. The van der Waals surface area contributed by atoms with Crippen molar-refractivity contribution < 1.29 is 28.3 Å². The standard InChI is InChI=1S/C37H53N9O6Si/c1-10-46-28(18-23(2)43-46)35(49)42-36-44(6)27-20-25(34(40)48)22-30(50-7)32(27)45(36)15-12-11-14-41-31-26(38)19-24(33(39)47)21-29(31)51-16-13-17-52-53(8,9)37(3,4)5/h11-12,18-22,41H,10,13-17,38H2,1-9H3,(H2,39,47)(H2,40,48)/b12-11+,42-36?. The van der Waals surface area contributed by atoms with Gasteiger partial charge in [-0.25, -0.2) is 0 Å². The molecule has 3 amide bonds. The van der Waals surface area contributed by atoms with Crippen LogP contribution in [0.15, 0.2) is 47.5 Å². The first-order valence-corrected chi connectivity index (χ1v) is 20.4. The summed E-state index contributed by atoms with van der Waals surface area (Å²) in [4.78, 5) is 42.3. The summed E-state index contributed by atoms with van der Waals surface area (Å²) < 4.78 is 23.2. The predicted octanol–water partition coefficient (Wildman–Crippen LogP) is 4.49. The van der Waals surface area contributed by atoms with Crippen molar-refractivity contribution in [2.75, 3.05) is 37.9 Å². The van der Waals surface area contributed by atoms with Crippen molar-refractivity contribution in [3.8, 4) is 11.5 Å². The van der Waals surface area contributed by atoms with Gasteiger partial charge in [0, 0.05) is 50.8 Å². The molecule has 0 bridgehead atoms. The largest absolute Gasteiger partial charge is 0.494 e. The molecule has 2 aromatic heterocycles. The summed E-state index contributed by atoms with van der Waals surface area (Å²) in [6.07, 6.45) is 4.43. The van der Waals surface area contributed by atoms with Gasteiger partial charge >= 0.3 is 0 Å². The van der Waals surface area contributed by atoms with Crippen LogP contribution in [0.25, 0.3) is 11.0 Å². The van der Waals surface area contributed by atoms with Gasteiger partial charge in [-0.05, 0) is 62.3 Å². The lowest BCUT2D eigenvalue weighted by Gasteiger charge is -2.36. The minimum atomic E-state index is -1.90. The monoisotopic (exact) mass is 747 g/mol. The van der Waals surface area contributed by atoms with Gasteiger partial charge in [0.2, 0.25) is 17.4 Å². The zero-order valence-electron chi connectivity index (χ0n) is 32.2. The highest BCUT2D eigenvalue weighted by molar-refractivity contribution is 6.74. The Bertz CT molecular complexity index is 2100. The highest BCUT2D eigenvalue weighted by atomic mass is 28.4. The third kappa shape index (κ3) is 9.18. The third-order valence-electron chi connectivity index (χ3n) is 9.44. The van der Waals surface area contributed by atoms with E-state index in [1.54, 1.807) is 40.6 Å². The molecule has 4 rings (SSSR count). The molecule has 0 saturated carbocycles. The Kier molecular flexibility index (Phi) is 12.6. The third-order valence-corrected chi connectivity index (χ3v) is 14.0. The summed E-state index contributed by atoms with van der Waals surface area (Å²) in [6.45, 7) is 16.7. The predicted molar refractivity (Wildman–Crippen MR) is 209 cm³/mol. The molecule has 0 radical (unpaired) electrons. The minimum Gasteiger partial charge on any atom is -0.494 e. The summed E-state index contributed by atoms with van der Waals surface area (Å²) in [5, 5.41) is 7.78. The molecule has 7 N–H and O–H groups in total. The van der Waals surface area contributed by atoms with Gasteiger partial charge in [-0.3, -0.25) is 19.1 Å². The second kappa shape index (κ2) is 16.5. The number of nitrogens with two attached hydrogens (primary N) is 3. The summed E-state index contributed by atoms with van der Waals surface area (Å²) in [5.74, 6) is -0.916. The zero-order chi connectivity index (χ0) is 39.2. The number of primary amides is 2. The van der Waals surface area contributed by atoms with E-state index in [1.807, 2.05) is 30.6 Å². The number of hydrogen-bond acceptors (Lipinski definition) is 9. The Balaban J connectivity index is 1.61. The molecule has 4 aromatic rings. The topological polar surface area (TPSA) is 209 Å². The Morgan fingerprint density at radius 3 is 2.28 bits per heavy atom. The van der Waals surface area contributed by atoms with Crippen molar-refractivity contribution in [2.45, 2.75) is 72.3 Å². The smallest absolute Gasteiger partial charge is 0.298 e. The normalized spacial score (nSPS) is 12.5. The number of carbonyl (C=O) groups is 3. The van der Waals surface area contributed by atoms with Crippen molar-refractivity contribution in [3.05, 3.63) is 70.6 Å². The van der Waals surface area contributed by atoms with Crippen LogP contribution in [0.3, 0.4) is 0 Å². The van der Waals surface area contributed by atoms with Crippen molar-refractivity contribution in [2.24, 2.45) is 23.5 Å². The molecule has 2 aromatic carbocycles. The second-order valence-corrected chi connectivity index (χ2v) is 19.1. The summed E-state index contributed by atoms with van der Waals surface area (Å²) in [6, 6.07) is 7.99. The second-order valence-electron chi connectivity index (χ2n) is 14.2. The molecule has 0 unspecified atom stereocenters. The summed E-state index contributed by atoms with van der Waals surface area (Å²) in [5.41, 5.74) is 21.5. The highest BCUT2D eigenvalue weighted by Gasteiger charge is 2.36. The number of rotatable bonds is 16. The van der Waals surface area contributed by atoms with E-state index in [0.717, 1.165) is 0 Å². The number of carbonyl (C=O) groups excluding carboxylic acids is 3. The van der Waals surface area contributed by atoms with Gasteiger partial charge in [-0.1, -0.05) is 32.9 Å². The van der Waals surface area contributed by atoms with E-state index in [9.17, 15) is 14.4 Å². The number of imidazole rings is 1. The number of amides is 3. The molecular formula is C37H53N9O6Si. The average Bonchev–Trinajstić information content (AvgIpc) is 3.60. The molecule has 2 heterocycles. The van der Waals surface area contributed by atoms with Crippen LogP contribution in [0.1, 0.15) is 71.0 Å². The fourth-order valence-corrected chi connectivity index (χ4v) is 6.60. The molecule has 0 aliphatic heterocycles. The maximum atomic E-state index is 13.5. The Labute approximate surface area is 310 Å². The number of nitrogens with one attached hydrogen (secondary N) is 1. The van der Waals surface area contributed by atoms with Gasteiger partial charge in [0.15, 0.2) is 8.32 Å². The van der Waals surface area contributed by atoms with Crippen molar-refractivity contribution >= 4 is 48.4 Å². The molecule has 53 heavy (non-hydrogen) atoms. The fourth-order valence-electron chi connectivity index (χ4n) is 5.51. The van der Waals surface area contributed by atoms with E-state index >= 15 is 0 Å². The highest BCUT2D eigenvalue weighted by Crippen LogP contribution is 2.37. The van der Waals surface area contributed by atoms with Crippen molar-refractivity contribution in [1.29, 1.82) is 0 Å². The number of nitrogen functional groups attached to an aromatic ring is 1. The van der Waals surface area contributed by atoms with Crippen LogP contribution in [-0.2, 0) is 24.6 Å². The zero-order valence-corrected chi connectivity index (χ0v) is 33.2. The summed E-state index contributed by atoms with van der Waals surface area (Å²) >= 11 is 0. The van der Waals surface area contributed by atoms with Gasteiger partial charge in [0.1, 0.15) is 28.4 Å². The quantitative estimate of drug-likeness (QED) is 0.0550. The number of anilines is 2. The number of allylic oxidation sites excluding steroid dienone is 1. The lowest BCUT2D eigenvalue weighted by atomic mass is 10.1. The molecule has 0 fully saturated rings. The van der Waals surface area contributed by atoms with Gasteiger partial charge in [-0.2, -0.15) is 10.1 Å². The number of aromatic nitrogens is 4. The minimum absolute atomic E-state index is 0.0988. The van der Waals surface area contributed by atoms with Crippen LogP contribution in [0.2, 0.25) is 18.1 Å². The fraction of sp³-hybridized carbons (Fsp3) is 0.432. The van der Waals surface area contributed by atoms with Crippen LogP contribution in [0.4, 0.5) is 11.4 Å². The molecule has 0 saturated heterocycles. The van der Waals surface area contributed by atoms with Crippen molar-refractivity contribution in [1.82, 2.24) is 18.9 Å². The molecule has 0 spiro atoms. The number of methoxy groups -OCH3 is 1. The lowest BCUT2D eigenvalue weighted by Crippen LogP contribution is -2.41. The molecule has 16 heteroatoms. The number of aryl methyl sites for hydroxylation is 3. The summed E-state index contributed by atoms with van der Waals surface area (Å²) in [7, 11) is 1.35. The van der Waals surface area contributed by atoms with Gasteiger partial charge in [-0.15, -0.1) is 0 Å². The van der Waals surface area contributed by atoms with Crippen molar-refractivity contribution in [3.63, 3.8) is 0 Å². The molecule has 0 aliphatic rings. The lowest BCUT2D eigenvalue weighted by molar-refractivity contribution is 0.0980. The molecule has 0 aliphatic carbocycles. The van der Waals surface area contributed by atoms with Crippen LogP contribution in [-0.4, -0.2) is 71.8 Å². The first-order chi connectivity index (χ1) is 24.9. The Morgan fingerprint density at radius 1 is 1.00 bits per heavy atom. The first-order valence-electron chi connectivity index (χ1n) is 17.5. The number of fused-ring (bicyclic) bond motifs is 1. The first kappa shape index (κ1) is 40.4. The maximum Gasteiger partial charge on any atom is 0.298 e. The molecule has 15 nitrogen and oxygen atoms in total. The number of ether oxygens (including phenoxy) is 2. The van der Waals surface area contributed by atoms with E-state index in [1.165, 1.54) is 13.2 Å². The molecule has 0 atom stereocenters. The van der Waals surface area contributed by atoms with Gasteiger partial charge in [0.25, 0.3) is 5.91 Å². The molecular weight excluding hydrogens is 695 g/mol. The Hall–Kier alpha value is -5.35. The van der Waals surface area contributed by atoms with Gasteiger partial charge in [0.05, 0.1) is 30.6 Å². The Morgan fingerprint density at radius 2 is 1.66 bits per heavy atom. The number of hydrogen-bond donors (Lipinski definition) is 4. The van der Waals surface area contributed by atoms with E-state index in [2.05, 4.69) is 49.3 Å². The van der Waals surface area contributed by atoms with E-state index < -0.39 is 26.0 Å². The van der Waals surface area contributed by atoms with Crippen LogP contribution in [0, 0.1) is 6.92 Å². The number of benzene rings is 2. The van der Waals surface area contributed by atoms with Crippen LogP contribution in [0.5, 0.6) is 11.5 Å².